The molecule has 2 aromatic heterocycles. The Kier molecular flexibility index (Phi) is 3.24. The van der Waals surface area contributed by atoms with Gasteiger partial charge in [0.1, 0.15) is 0 Å². The van der Waals surface area contributed by atoms with Crippen LogP contribution in [0.25, 0.3) is 45.2 Å². The average molecular weight is 396 g/mol. The van der Waals surface area contributed by atoms with E-state index < -0.39 is 0 Å². The Balaban J connectivity index is 1.65. The summed E-state index contributed by atoms with van der Waals surface area (Å²) in [5.41, 5.74) is 9.77. The Morgan fingerprint density at radius 1 is 0.613 bits per heavy atom. The molecular formula is C27H16N4. The van der Waals surface area contributed by atoms with Crippen LogP contribution in [0.1, 0.15) is 5.69 Å². The molecule has 0 atom stereocenters. The van der Waals surface area contributed by atoms with Gasteiger partial charge in [-0.1, -0.05) is 54.6 Å². The zero-order valence-corrected chi connectivity index (χ0v) is 16.5. The van der Waals surface area contributed by atoms with E-state index in [0.717, 1.165) is 67.1 Å². The SMILES string of the molecule is C1=CC2=c3cccc4c3=Nc3c(cccc3-4)-c3cccc(n3)-c3cccc(n3)C(=C1)N2. The van der Waals surface area contributed by atoms with Crippen LogP contribution in [0, 0.1) is 0 Å². The predicted molar refractivity (Wildman–Crippen MR) is 122 cm³/mol. The summed E-state index contributed by atoms with van der Waals surface area (Å²) in [5.74, 6) is 0. The number of aromatic nitrogens is 2. The van der Waals surface area contributed by atoms with E-state index in [-0.39, 0.29) is 0 Å². The number of benzene rings is 2. The molecule has 0 spiro atoms. The highest BCUT2D eigenvalue weighted by molar-refractivity contribution is 5.90. The molecule has 0 unspecified atom stereocenters. The molecule has 0 fully saturated rings. The summed E-state index contributed by atoms with van der Waals surface area (Å²) in [6, 6.07) is 24.9. The monoisotopic (exact) mass is 396 g/mol. The number of fused-ring (bicyclic) bond motifs is 10. The highest BCUT2D eigenvalue weighted by Crippen LogP contribution is 2.40. The summed E-state index contributed by atoms with van der Waals surface area (Å²) in [4.78, 5) is 15.0. The standard InChI is InChI=1S/C27H16N4/c1-6-16-17-7-2-9-19-21-11-4-13-23(29-21)25-15-5-14-24(30-25)22-12-3-10-20(28-22)18(8-1)26(16)31-27(17)19/h1-15,28H. The first-order valence-corrected chi connectivity index (χ1v) is 10.3. The van der Waals surface area contributed by atoms with E-state index in [2.05, 4.69) is 59.9 Å². The molecule has 7 rings (SSSR count). The van der Waals surface area contributed by atoms with Gasteiger partial charge >= 0.3 is 0 Å². The van der Waals surface area contributed by atoms with Crippen molar-refractivity contribution < 1.29 is 0 Å². The lowest BCUT2D eigenvalue weighted by molar-refractivity contribution is 1.14. The van der Waals surface area contributed by atoms with Crippen LogP contribution in [0.4, 0.5) is 5.69 Å². The van der Waals surface area contributed by atoms with Crippen molar-refractivity contribution in [1.82, 2.24) is 15.3 Å². The topological polar surface area (TPSA) is 50.2 Å². The number of hydrogen-bond donors (Lipinski definition) is 1. The van der Waals surface area contributed by atoms with E-state index in [1.54, 1.807) is 0 Å². The maximum Gasteiger partial charge on any atom is 0.0894 e. The summed E-state index contributed by atoms with van der Waals surface area (Å²) in [7, 11) is 0. The second-order valence-corrected chi connectivity index (χ2v) is 7.81. The minimum Gasteiger partial charge on any atom is -0.353 e. The van der Waals surface area contributed by atoms with Crippen molar-refractivity contribution in [3.05, 3.63) is 107 Å². The number of allylic oxidation sites excluding steroid dienone is 2. The number of para-hydroxylation sites is 2. The molecule has 144 valence electrons. The molecule has 2 aromatic carbocycles. The van der Waals surface area contributed by atoms with E-state index in [0.29, 0.717) is 0 Å². The lowest BCUT2D eigenvalue weighted by atomic mass is 9.99. The number of nitrogens with zero attached hydrogens (tertiary/aromatic N) is 3. The van der Waals surface area contributed by atoms with E-state index in [9.17, 15) is 0 Å². The van der Waals surface area contributed by atoms with Gasteiger partial charge in [0, 0.05) is 27.6 Å². The summed E-state index contributed by atoms with van der Waals surface area (Å²) in [5, 5.41) is 5.66. The van der Waals surface area contributed by atoms with Crippen LogP contribution in [-0.2, 0) is 0 Å². The summed E-state index contributed by atoms with van der Waals surface area (Å²) < 4.78 is 0. The van der Waals surface area contributed by atoms with E-state index in [4.69, 9.17) is 15.0 Å². The van der Waals surface area contributed by atoms with Gasteiger partial charge in [-0.2, -0.15) is 0 Å². The normalized spacial score (nSPS) is 14.3. The Morgan fingerprint density at radius 2 is 1.29 bits per heavy atom. The third kappa shape index (κ3) is 2.39. The minimum absolute atomic E-state index is 0.848. The Hall–Kier alpha value is -4.31. The first kappa shape index (κ1) is 16.5. The van der Waals surface area contributed by atoms with Gasteiger partial charge in [-0.15, -0.1) is 0 Å². The summed E-state index contributed by atoms with van der Waals surface area (Å²) in [6.07, 6.45) is 6.21. The van der Waals surface area contributed by atoms with Gasteiger partial charge in [-0.3, -0.25) is 0 Å². The fourth-order valence-corrected chi connectivity index (χ4v) is 4.53. The number of hydrogen-bond acceptors (Lipinski definition) is 4. The van der Waals surface area contributed by atoms with Crippen molar-refractivity contribution in [2.24, 2.45) is 4.99 Å². The maximum atomic E-state index is 5.12. The Morgan fingerprint density at radius 3 is 2.19 bits per heavy atom. The van der Waals surface area contributed by atoms with Crippen LogP contribution in [0.15, 0.2) is 96.0 Å². The van der Waals surface area contributed by atoms with E-state index in [1.165, 1.54) is 0 Å². The fraction of sp³-hybridized carbons (Fsp3) is 0. The second kappa shape index (κ2) is 6.09. The molecule has 3 aliphatic heterocycles. The molecule has 0 radical (unpaired) electrons. The fourth-order valence-electron chi connectivity index (χ4n) is 4.53. The first-order chi connectivity index (χ1) is 15.3. The van der Waals surface area contributed by atoms with Crippen molar-refractivity contribution in [3.8, 4) is 33.8 Å². The largest absolute Gasteiger partial charge is 0.353 e. The van der Waals surface area contributed by atoms with Gasteiger partial charge in [-0.05, 0) is 36.4 Å². The van der Waals surface area contributed by atoms with Crippen molar-refractivity contribution in [3.63, 3.8) is 0 Å². The van der Waals surface area contributed by atoms with Crippen LogP contribution in [-0.4, -0.2) is 9.97 Å². The molecule has 4 nitrogen and oxygen atoms in total. The van der Waals surface area contributed by atoms with Gasteiger partial charge in [0.15, 0.2) is 0 Å². The highest BCUT2D eigenvalue weighted by Gasteiger charge is 2.21. The second-order valence-electron chi connectivity index (χ2n) is 7.81. The van der Waals surface area contributed by atoms with Crippen LogP contribution >= 0.6 is 0 Å². The predicted octanol–water partition coefficient (Wildman–Crippen LogP) is 4.36. The van der Waals surface area contributed by atoms with Gasteiger partial charge in [0.2, 0.25) is 0 Å². The molecule has 0 amide bonds. The molecule has 8 bridgehead atoms. The molecule has 0 saturated heterocycles. The molecule has 5 heterocycles. The molecule has 4 aromatic rings. The van der Waals surface area contributed by atoms with Gasteiger partial charge in [-0.25, -0.2) is 15.0 Å². The molecule has 0 aliphatic carbocycles. The van der Waals surface area contributed by atoms with E-state index in [1.807, 2.05) is 36.4 Å². The van der Waals surface area contributed by atoms with Gasteiger partial charge in [0.25, 0.3) is 0 Å². The molecule has 4 heteroatoms. The zero-order valence-electron chi connectivity index (χ0n) is 16.5. The van der Waals surface area contributed by atoms with Gasteiger partial charge < -0.3 is 5.32 Å². The average Bonchev–Trinajstić information content (AvgIpc) is 3.23. The van der Waals surface area contributed by atoms with Crippen LogP contribution in [0.3, 0.4) is 0 Å². The van der Waals surface area contributed by atoms with E-state index >= 15 is 0 Å². The van der Waals surface area contributed by atoms with Crippen LogP contribution in [0.5, 0.6) is 0 Å². The quantitative estimate of drug-likeness (QED) is 0.423. The number of rotatable bonds is 0. The number of dihydropyridines is 1. The molecule has 3 aliphatic rings. The van der Waals surface area contributed by atoms with Crippen LogP contribution < -0.4 is 15.9 Å². The number of nitrogens with one attached hydrogen (secondary N) is 1. The molecule has 0 saturated carbocycles. The minimum atomic E-state index is 0.848. The third-order valence-electron chi connectivity index (χ3n) is 5.98. The smallest absolute Gasteiger partial charge is 0.0894 e. The van der Waals surface area contributed by atoms with Crippen molar-refractivity contribution in [2.45, 2.75) is 0 Å². The molecule has 31 heavy (non-hydrogen) atoms. The number of pyridine rings is 2. The van der Waals surface area contributed by atoms with Crippen LogP contribution in [0.2, 0.25) is 0 Å². The third-order valence-corrected chi connectivity index (χ3v) is 5.98. The van der Waals surface area contributed by atoms with Crippen molar-refractivity contribution in [2.75, 3.05) is 0 Å². The van der Waals surface area contributed by atoms with Crippen molar-refractivity contribution in [1.29, 1.82) is 0 Å². The lowest BCUT2D eigenvalue weighted by Crippen LogP contribution is -2.32. The summed E-state index contributed by atoms with van der Waals surface area (Å²) in [6.45, 7) is 0. The maximum absolute atomic E-state index is 5.12. The van der Waals surface area contributed by atoms with Crippen molar-refractivity contribution >= 4 is 17.1 Å². The summed E-state index contributed by atoms with van der Waals surface area (Å²) >= 11 is 0. The Bertz CT molecular complexity index is 1610. The van der Waals surface area contributed by atoms with Gasteiger partial charge in [0.05, 0.1) is 39.5 Å². The Labute approximate surface area is 178 Å². The first-order valence-electron chi connectivity index (χ1n) is 10.3. The molecular weight excluding hydrogens is 380 g/mol. The highest BCUT2D eigenvalue weighted by atomic mass is 14.9. The lowest BCUT2D eigenvalue weighted by Gasteiger charge is -2.16. The molecule has 1 N–H and O–H groups in total. The zero-order chi connectivity index (χ0) is 20.4.